The molecule has 0 spiro atoms. The first-order valence-corrected chi connectivity index (χ1v) is 7.66. The SMILES string of the molecule is Cc1nc2c(C(=O)O)cccc2n1Cc1cc2ccccc2cn1. The maximum Gasteiger partial charge on any atom is 0.337 e. The second kappa shape index (κ2) is 5.45. The van der Waals surface area contributed by atoms with Crippen LogP contribution in [0, 0.1) is 6.92 Å². The number of rotatable bonds is 3. The van der Waals surface area contributed by atoms with E-state index in [0.29, 0.717) is 12.1 Å². The van der Waals surface area contributed by atoms with Crippen molar-refractivity contribution in [3.05, 3.63) is 71.8 Å². The van der Waals surface area contributed by atoms with E-state index in [2.05, 4.69) is 22.1 Å². The molecular weight excluding hydrogens is 302 g/mol. The van der Waals surface area contributed by atoms with E-state index in [1.165, 1.54) is 0 Å². The van der Waals surface area contributed by atoms with Gasteiger partial charge in [-0.05, 0) is 30.5 Å². The van der Waals surface area contributed by atoms with Gasteiger partial charge in [0.1, 0.15) is 11.3 Å². The van der Waals surface area contributed by atoms with Crippen LogP contribution in [0.15, 0.2) is 54.7 Å². The molecule has 0 bridgehead atoms. The lowest BCUT2D eigenvalue weighted by Gasteiger charge is -2.08. The van der Waals surface area contributed by atoms with Crippen LogP contribution in [-0.2, 0) is 6.54 Å². The lowest BCUT2D eigenvalue weighted by Crippen LogP contribution is -2.04. The monoisotopic (exact) mass is 317 g/mol. The number of carboxylic acid groups (broad SMARTS) is 1. The Balaban J connectivity index is 1.82. The minimum atomic E-state index is -0.964. The van der Waals surface area contributed by atoms with E-state index in [4.69, 9.17) is 0 Å². The summed E-state index contributed by atoms with van der Waals surface area (Å²) in [7, 11) is 0. The van der Waals surface area contributed by atoms with E-state index in [0.717, 1.165) is 27.8 Å². The molecule has 0 atom stereocenters. The molecule has 2 aromatic carbocycles. The van der Waals surface area contributed by atoms with Gasteiger partial charge in [0.15, 0.2) is 0 Å². The number of carboxylic acids is 1. The average molecular weight is 317 g/mol. The van der Waals surface area contributed by atoms with Gasteiger partial charge < -0.3 is 9.67 Å². The van der Waals surface area contributed by atoms with Crippen molar-refractivity contribution in [3.63, 3.8) is 0 Å². The van der Waals surface area contributed by atoms with Crippen LogP contribution >= 0.6 is 0 Å². The number of nitrogens with zero attached hydrogens (tertiary/aromatic N) is 3. The summed E-state index contributed by atoms with van der Waals surface area (Å²) in [6.45, 7) is 2.43. The lowest BCUT2D eigenvalue weighted by atomic mass is 10.1. The van der Waals surface area contributed by atoms with Crippen LogP contribution in [0.4, 0.5) is 0 Å². The Bertz CT molecular complexity index is 1080. The van der Waals surface area contributed by atoms with Crippen molar-refractivity contribution in [2.75, 3.05) is 0 Å². The summed E-state index contributed by atoms with van der Waals surface area (Å²) in [4.78, 5) is 20.3. The molecule has 0 saturated heterocycles. The van der Waals surface area contributed by atoms with Gasteiger partial charge in [-0.3, -0.25) is 4.98 Å². The van der Waals surface area contributed by atoms with Crippen molar-refractivity contribution in [1.82, 2.24) is 14.5 Å². The molecule has 4 aromatic rings. The minimum absolute atomic E-state index is 0.223. The summed E-state index contributed by atoms with van der Waals surface area (Å²) in [5.41, 5.74) is 2.46. The molecule has 5 nitrogen and oxygen atoms in total. The maximum atomic E-state index is 11.4. The van der Waals surface area contributed by atoms with E-state index in [1.807, 2.05) is 42.0 Å². The fraction of sp³-hybridized carbons (Fsp3) is 0.105. The van der Waals surface area contributed by atoms with Crippen LogP contribution in [0.2, 0.25) is 0 Å². The highest BCUT2D eigenvalue weighted by atomic mass is 16.4. The summed E-state index contributed by atoms with van der Waals surface area (Å²) < 4.78 is 2.00. The molecule has 0 amide bonds. The molecule has 118 valence electrons. The molecule has 24 heavy (non-hydrogen) atoms. The van der Waals surface area contributed by atoms with Crippen molar-refractivity contribution in [2.45, 2.75) is 13.5 Å². The average Bonchev–Trinajstić information content (AvgIpc) is 2.90. The van der Waals surface area contributed by atoms with E-state index in [-0.39, 0.29) is 5.56 Å². The molecule has 0 radical (unpaired) electrons. The normalized spacial score (nSPS) is 11.2. The number of aromatic carboxylic acids is 1. The van der Waals surface area contributed by atoms with E-state index in [1.54, 1.807) is 12.1 Å². The van der Waals surface area contributed by atoms with E-state index in [9.17, 15) is 9.90 Å². The fourth-order valence-corrected chi connectivity index (χ4v) is 3.01. The molecular formula is C19H15N3O2. The fourth-order valence-electron chi connectivity index (χ4n) is 3.01. The Kier molecular flexibility index (Phi) is 3.27. The smallest absolute Gasteiger partial charge is 0.337 e. The summed E-state index contributed by atoms with van der Waals surface area (Å²) >= 11 is 0. The third-order valence-corrected chi connectivity index (χ3v) is 4.21. The molecule has 0 aliphatic rings. The molecule has 0 saturated carbocycles. The standard InChI is InChI=1S/C19H15N3O2/c1-12-21-18-16(19(23)24)7-4-8-17(18)22(12)11-15-9-13-5-2-3-6-14(13)10-20-15/h2-10H,11H2,1H3,(H,23,24). The predicted molar refractivity (Wildman–Crippen MR) is 92.3 cm³/mol. The number of carbonyl (C=O) groups is 1. The zero-order valence-corrected chi connectivity index (χ0v) is 13.1. The summed E-state index contributed by atoms with van der Waals surface area (Å²) in [5.74, 6) is -0.192. The number of benzene rings is 2. The second-order valence-electron chi connectivity index (χ2n) is 5.75. The zero-order chi connectivity index (χ0) is 16.7. The highest BCUT2D eigenvalue weighted by Crippen LogP contribution is 2.22. The molecule has 0 aliphatic carbocycles. The van der Waals surface area contributed by atoms with Gasteiger partial charge in [0.2, 0.25) is 0 Å². The van der Waals surface area contributed by atoms with Crippen LogP contribution in [0.25, 0.3) is 21.8 Å². The van der Waals surface area contributed by atoms with Gasteiger partial charge in [-0.1, -0.05) is 30.3 Å². The number of pyridine rings is 1. The first kappa shape index (κ1) is 14.4. The molecule has 0 unspecified atom stereocenters. The number of fused-ring (bicyclic) bond motifs is 2. The quantitative estimate of drug-likeness (QED) is 0.626. The van der Waals surface area contributed by atoms with Gasteiger partial charge in [-0.25, -0.2) is 9.78 Å². The third-order valence-electron chi connectivity index (χ3n) is 4.21. The first-order chi connectivity index (χ1) is 11.6. The van der Waals surface area contributed by atoms with Gasteiger partial charge in [-0.2, -0.15) is 0 Å². The van der Waals surface area contributed by atoms with Gasteiger partial charge in [-0.15, -0.1) is 0 Å². The van der Waals surface area contributed by atoms with Crippen molar-refractivity contribution < 1.29 is 9.90 Å². The Hall–Kier alpha value is -3.21. The van der Waals surface area contributed by atoms with Gasteiger partial charge in [0.25, 0.3) is 0 Å². The van der Waals surface area contributed by atoms with Crippen molar-refractivity contribution >= 4 is 27.8 Å². The number of hydrogen-bond donors (Lipinski definition) is 1. The van der Waals surface area contributed by atoms with Crippen molar-refractivity contribution in [3.8, 4) is 0 Å². The van der Waals surface area contributed by atoms with Crippen LogP contribution in [0.5, 0.6) is 0 Å². The van der Waals surface area contributed by atoms with Gasteiger partial charge in [0.05, 0.1) is 23.3 Å². The lowest BCUT2D eigenvalue weighted by molar-refractivity contribution is 0.0699. The minimum Gasteiger partial charge on any atom is -0.478 e. The van der Waals surface area contributed by atoms with Gasteiger partial charge >= 0.3 is 5.97 Å². The Morgan fingerprint density at radius 2 is 1.92 bits per heavy atom. The molecule has 0 fully saturated rings. The predicted octanol–water partition coefficient (Wildman–Crippen LogP) is 3.64. The van der Waals surface area contributed by atoms with E-state index >= 15 is 0 Å². The summed E-state index contributed by atoms with van der Waals surface area (Å²) in [5, 5.41) is 11.6. The number of aromatic nitrogens is 3. The summed E-state index contributed by atoms with van der Waals surface area (Å²) in [6, 6.07) is 15.4. The van der Waals surface area contributed by atoms with Gasteiger partial charge in [0, 0.05) is 11.6 Å². The summed E-state index contributed by atoms with van der Waals surface area (Å²) in [6.07, 6.45) is 1.86. The van der Waals surface area contributed by atoms with E-state index < -0.39 is 5.97 Å². The van der Waals surface area contributed by atoms with Crippen LogP contribution in [-0.4, -0.2) is 25.6 Å². The largest absolute Gasteiger partial charge is 0.478 e. The topological polar surface area (TPSA) is 68.0 Å². The molecule has 4 rings (SSSR count). The molecule has 0 aliphatic heterocycles. The Morgan fingerprint density at radius 3 is 2.71 bits per heavy atom. The number of aryl methyl sites for hydroxylation is 1. The third kappa shape index (κ3) is 2.31. The molecule has 1 N–H and O–H groups in total. The van der Waals surface area contributed by atoms with Crippen LogP contribution in [0.1, 0.15) is 21.9 Å². The highest BCUT2D eigenvalue weighted by Gasteiger charge is 2.15. The Morgan fingerprint density at radius 1 is 1.12 bits per heavy atom. The number of imidazole rings is 1. The second-order valence-corrected chi connectivity index (χ2v) is 5.75. The molecule has 2 heterocycles. The van der Waals surface area contributed by atoms with Crippen molar-refractivity contribution in [2.24, 2.45) is 0 Å². The van der Waals surface area contributed by atoms with Crippen LogP contribution < -0.4 is 0 Å². The van der Waals surface area contributed by atoms with Crippen LogP contribution in [0.3, 0.4) is 0 Å². The Labute approximate surface area is 138 Å². The number of para-hydroxylation sites is 1. The molecule has 2 aromatic heterocycles. The maximum absolute atomic E-state index is 11.4. The number of hydrogen-bond acceptors (Lipinski definition) is 3. The molecule has 5 heteroatoms. The first-order valence-electron chi connectivity index (χ1n) is 7.66. The zero-order valence-electron chi connectivity index (χ0n) is 13.1. The van der Waals surface area contributed by atoms with Crippen molar-refractivity contribution in [1.29, 1.82) is 0 Å². The highest BCUT2D eigenvalue weighted by molar-refractivity contribution is 6.01.